The molecule has 0 radical (unpaired) electrons. The van der Waals surface area contributed by atoms with Crippen molar-refractivity contribution in [2.75, 3.05) is 0 Å². The molecular weight excluding hydrogens is 260 g/mol. The molecule has 0 unspecified atom stereocenters. The van der Waals surface area contributed by atoms with Gasteiger partial charge in [-0.15, -0.1) is 0 Å². The van der Waals surface area contributed by atoms with Crippen molar-refractivity contribution >= 4 is 11.6 Å². The molecule has 0 spiro atoms. The van der Waals surface area contributed by atoms with E-state index in [1.54, 1.807) is 0 Å². The number of carbonyl (C=O) groups excluding carboxylic acids is 1. The highest BCUT2D eigenvalue weighted by Crippen LogP contribution is 2.14. The van der Waals surface area contributed by atoms with Gasteiger partial charge in [0.25, 0.3) is 0 Å². The maximum absolute atomic E-state index is 11.7. The van der Waals surface area contributed by atoms with E-state index < -0.39 is 0 Å². The number of hydrogen-bond donors (Lipinski definition) is 1. The van der Waals surface area contributed by atoms with Gasteiger partial charge in [-0.25, -0.2) is 5.43 Å². The topological polar surface area (TPSA) is 41.5 Å². The molecule has 1 rings (SSSR count). The molecule has 3 heteroatoms. The molecular formula is C18H34N2O. The molecule has 122 valence electrons. The molecule has 1 saturated carbocycles. The number of carbonyl (C=O) groups is 1. The second-order valence-electron chi connectivity index (χ2n) is 6.35. The molecule has 1 aliphatic carbocycles. The number of nitrogens with zero attached hydrogens (tertiary/aromatic N) is 1. The van der Waals surface area contributed by atoms with Gasteiger partial charge in [-0.1, -0.05) is 64.7 Å². The van der Waals surface area contributed by atoms with Gasteiger partial charge >= 0.3 is 0 Å². The SMILES string of the molecule is CCCCCCCCCCCC(=O)NN=C1CCCCC1. The van der Waals surface area contributed by atoms with Crippen LogP contribution >= 0.6 is 0 Å². The maximum Gasteiger partial charge on any atom is 0.240 e. The van der Waals surface area contributed by atoms with Crippen LogP contribution in [0.4, 0.5) is 0 Å². The van der Waals surface area contributed by atoms with Crippen molar-refractivity contribution in [2.45, 2.75) is 103 Å². The zero-order chi connectivity index (χ0) is 15.2. The smallest absolute Gasteiger partial charge is 0.240 e. The fourth-order valence-electron chi connectivity index (χ4n) is 2.87. The van der Waals surface area contributed by atoms with Crippen molar-refractivity contribution < 1.29 is 4.79 Å². The lowest BCUT2D eigenvalue weighted by Gasteiger charge is -2.11. The van der Waals surface area contributed by atoms with Gasteiger partial charge in [0.1, 0.15) is 0 Å². The van der Waals surface area contributed by atoms with E-state index in [1.807, 2.05) is 0 Å². The van der Waals surface area contributed by atoms with Crippen LogP contribution in [0.25, 0.3) is 0 Å². The molecule has 1 fully saturated rings. The number of rotatable bonds is 11. The Kier molecular flexibility index (Phi) is 11.1. The highest BCUT2D eigenvalue weighted by molar-refractivity contribution is 5.86. The fourth-order valence-corrected chi connectivity index (χ4v) is 2.87. The lowest BCUT2D eigenvalue weighted by molar-refractivity contribution is -0.121. The van der Waals surface area contributed by atoms with E-state index in [0.29, 0.717) is 6.42 Å². The first kappa shape index (κ1) is 18.2. The van der Waals surface area contributed by atoms with Crippen LogP contribution in [-0.4, -0.2) is 11.6 Å². The quantitative estimate of drug-likeness (QED) is 0.405. The van der Waals surface area contributed by atoms with E-state index in [1.165, 1.54) is 76.3 Å². The summed E-state index contributed by atoms with van der Waals surface area (Å²) in [5, 5.41) is 4.26. The third-order valence-corrected chi connectivity index (χ3v) is 4.28. The van der Waals surface area contributed by atoms with Crippen LogP contribution in [-0.2, 0) is 4.79 Å². The molecule has 0 bridgehead atoms. The van der Waals surface area contributed by atoms with Crippen LogP contribution in [0.5, 0.6) is 0 Å². The van der Waals surface area contributed by atoms with E-state index in [-0.39, 0.29) is 5.91 Å². The largest absolute Gasteiger partial charge is 0.273 e. The first-order valence-electron chi connectivity index (χ1n) is 9.17. The van der Waals surface area contributed by atoms with Gasteiger partial charge in [-0.2, -0.15) is 5.10 Å². The van der Waals surface area contributed by atoms with Gasteiger partial charge in [0.05, 0.1) is 0 Å². The molecule has 1 aliphatic rings. The van der Waals surface area contributed by atoms with Crippen LogP contribution in [0.3, 0.4) is 0 Å². The monoisotopic (exact) mass is 294 g/mol. The lowest BCUT2D eigenvalue weighted by Crippen LogP contribution is -2.20. The molecule has 0 heterocycles. The van der Waals surface area contributed by atoms with E-state index in [4.69, 9.17) is 0 Å². The van der Waals surface area contributed by atoms with E-state index in [9.17, 15) is 4.79 Å². The summed E-state index contributed by atoms with van der Waals surface area (Å²) in [6, 6.07) is 0. The average molecular weight is 294 g/mol. The van der Waals surface area contributed by atoms with Crippen LogP contribution in [0.1, 0.15) is 103 Å². The summed E-state index contributed by atoms with van der Waals surface area (Å²) in [5.41, 5.74) is 3.91. The summed E-state index contributed by atoms with van der Waals surface area (Å²) in [6.07, 6.45) is 18.1. The molecule has 21 heavy (non-hydrogen) atoms. The van der Waals surface area contributed by atoms with Crippen molar-refractivity contribution in [3.8, 4) is 0 Å². The highest BCUT2D eigenvalue weighted by atomic mass is 16.2. The number of nitrogens with one attached hydrogen (secondary N) is 1. The summed E-state index contributed by atoms with van der Waals surface area (Å²) >= 11 is 0. The Bertz CT molecular complexity index is 292. The van der Waals surface area contributed by atoms with E-state index in [0.717, 1.165) is 19.3 Å². The minimum Gasteiger partial charge on any atom is -0.273 e. The molecule has 0 aromatic heterocycles. The Morgan fingerprint density at radius 1 is 0.905 bits per heavy atom. The molecule has 0 aromatic rings. The number of amides is 1. The van der Waals surface area contributed by atoms with E-state index >= 15 is 0 Å². The zero-order valence-corrected chi connectivity index (χ0v) is 14.0. The average Bonchev–Trinajstić information content (AvgIpc) is 2.52. The Morgan fingerprint density at radius 3 is 2.10 bits per heavy atom. The Balaban J connectivity index is 1.89. The third-order valence-electron chi connectivity index (χ3n) is 4.28. The summed E-state index contributed by atoms with van der Waals surface area (Å²) < 4.78 is 0. The molecule has 0 saturated heterocycles. The van der Waals surface area contributed by atoms with Crippen molar-refractivity contribution in [1.29, 1.82) is 0 Å². The maximum atomic E-state index is 11.7. The highest BCUT2D eigenvalue weighted by Gasteiger charge is 2.07. The predicted octanol–water partition coefficient (Wildman–Crippen LogP) is 5.34. The van der Waals surface area contributed by atoms with Crippen molar-refractivity contribution in [1.82, 2.24) is 5.43 Å². The normalized spacial score (nSPS) is 15.0. The minimum absolute atomic E-state index is 0.0935. The van der Waals surface area contributed by atoms with Crippen molar-refractivity contribution in [3.05, 3.63) is 0 Å². The first-order chi connectivity index (χ1) is 10.3. The number of hydrazone groups is 1. The van der Waals surface area contributed by atoms with Crippen molar-refractivity contribution in [2.24, 2.45) is 5.10 Å². The number of hydrogen-bond acceptors (Lipinski definition) is 2. The molecule has 0 atom stereocenters. The molecule has 0 aromatic carbocycles. The fraction of sp³-hybridized carbons (Fsp3) is 0.889. The molecule has 0 aliphatic heterocycles. The second kappa shape index (κ2) is 12.8. The lowest BCUT2D eigenvalue weighted by atomic mass is 9.99. The van der Waals surface area contributed by atoms with Gasteiger partial charge in [-0.05, 0) is 32.1 Å². The van der Waals surface area contributed by atoms with Crippen LogP contribution in [0.15, 0.2) is 5.10 Å². The van der Waals surface area contributed by atoms with E-state index in [2.05, 4.69) is 17.5 Å². The standard InChI is InChI=1S/C18H34N2O/c1-2-3-4-5-6-7-8-9-13-16-18(21)20-19-17-14-11-10-12-15-17/h2-16H2,1H3,(H,20,21). The van der Waals surface area contributed by atoms with Gasteiger partial charge in [-0.3, -0.25) is 4.79 Å². The van der Waals surface area contributed by atoms with Crippen LogP contribution < -0.4 is 5.43 Å². The van der Waals surface area contributed by atoms with Gasteiger partial charge in [0.15, 0.2) is 0 Å². The summed E-state index contributed by atoms with van der Waals surface area (Å²) in [7, 11) is 0. The van der Waals surface area contributed by atoms with Crippen molar-refractivity contribution in [3.63, 3.8) is 0 Å². The van der Waals surface area contributed by atoms with Crippen LogP contribution in [0.2, 0.25) is 0 Å². The Morgan fingerprint density at radius 2 is 1.48 bits per heavy atom. The molecule has 1 amide bonds. The first-order valence-corrected chi connectivity index (χ1v) is 9.17. The molecule has 3 nitrogen and oxygen atoms in total. The Hall–Kier alpha value is -0.860. The number of unbranched alkanes of at least 4 members (excludes halogenated alkanes) is 8. The second-order valence-corrected chi connectivity index (χ2v) is 6.35. The minimum atomic E-state index is 0.0935. The zero-order valence-electron chi connectivity index (χ0n) is 14.0. The summed E-state index contributed by atoms with van der Waals surface area (Å²) in [4.78, 5) is 11.7. The third kappa shape index (κ3) is 10.5. The van der Waals surface area contributed by atoms with Gasteiger partial charge < -0.3 is 0 Å². The predicted molar refractivity (Wildman–Crippen MR) is 90.5 cm³/mol. The summed E-state index contributed by atoms with van der Waals surface area (Å²) in [6.45, 7) is 2.25. The molecule has 1 N–H and O–H groups in total. The van der Waals surface area contributed by atoms with Gasteiger partial charge in [0.2, 0.25) is 5.91 Å². The summed E-state index contributed by atoms with van der Waals surface area (Å²) in [5.74, 6) is 0.0935. The Labute approximate surface area is 131 Å². The van der Waals surface area contributed by atoms with Crippen LogP contribution in [0, 0.1) is 0 Å². The van der Waals surface area contributed by atoms with Gasteiger partial charge in [0, 0.05) is 12.1 Å².